The first-order valence-electron chi connectivity index (χ1n) is 4.57. The largest absolute Gasteiger partial charge is 0.305 e. The monoisotopic (exact) mass is 217 g/mol. The van der Waals surface area contributed by atoms with Crippen molar-refractivity contribution in [2.45, 2.75) is 32.4 Å². The van der Waals surface area contributed by atoms with Gasteiger partial charge in [0.1, 0.15) is 0 Å². The van der Waals surface area contributed by atoms with Crippen LogP contribution in [0.2, 0.25) is 0 Å². The van der Waals surface area contributed by atoms with Gasteiger partial charge in [0.15, 0.2) is 5.82 Å². The van der Waals surface area contributed by atoms with Gasteiger partial charge in [0.25, 0.3) is 0 Å². The molecule has 80 valence electrons. The van der Waals surface area contributed by atoms with Crippen LogP contribution >= 0.6 is 11.6 Å². The minimum atomic E-state index is 0.0148. The molecule has 0 atom stereocenters. The molecule has 1 N–H and O–H groups in total. The van der Waals surface area contributed by atoms with Gasteiger partial charge >= 0.3 is 0 Å². The highest BCUT2D eigenvalue weighted by molar-refractivity contribution is 6.17. The maximum atomic E-state index is 5.68. The molecule has 14 heavy (non-hydrogen) atoms. The Labute approximate surface area is 88.8 Å². The average Bonchev–Trinajstić information content (AvgIpc) is 2.48. The van der Waals surface area contributed by atoms with Gasteiger partial charge in [-0.05, 0) is 25.5 Å². The number of tetrazole rings is 1. The summed E-state index contributed by atoms with van der Waals surface area (Å²) < 4.78 is 0. The van der Waals surface area contributed by atoms with Gasteiger partial charge in [-0.3, -0.25) is 0 Å². The van der Waals surface area contributed by atoms with Gasteiger partial charge in [-0.25, -0.2) is 0 Å². The van der Waals surface area contributed by atoms with Gasteiger partial charge in [-0.2, -0.15) is 4.80 Å². The lowest BCUT2D eigenvalue weighted by Crippen LogP contribution is -2.39. The van der Waals surface area contributed by atoms with Crippen LogP contribution < -0.4 is 5.32 Å². The first-order chi connectivity index (χ1) is 6.53. The van der Waals surface area contributed by atoms with Crippen LogP contribution in [0.5, 0.6) is 0 Å². The lowest BCUT2D eigenvalue weighted by Gasteiger charge is -2.24. The van der Waals surface area contributed by atoms with Crippen LogP contribution in [-0.4, -0.2) is 31.6 Å². The summed E-state index contributed by atoms with van der Waals surface area (Å²) in [5, 5.41) is 15.0. The SMILES string of the molecule is Cn1nnc(CNC(C)(C)CCCl)n1. The Morgan fingerprint density at radius 2 is 2.21 bits per heavy atom. The lowest BCUT2D eigenvalue weighted by atomic mass is 10.0. The molecule has 1 aromatic heterocycles. The van der Waals surface area contributed by atoms with Crippen LogP contribution in [0.1, 0.15) is 26.1 Å². The highest BCUT2D eigenvalue weighted by Crippen LogP contribution is 2.09. The molecule has 0 saturated carbocycles. The van der Waals surface area contributed by atoms with Crippen LogP contribution in [0.25, 0.3) is 0 Å². The van der Waals surface area contributed by atoms with Gasteiger partial charge in [0.2, 0.25) is 0 Å². The quantitative estimate of drug-likeness (QED) is 0.739. The van der Waals surface area contributed by atoms with Gasteiger partial charge < -0.3 is 5.32 Å². The Morgan fingerprint density at radius 1 is 1.50 bits per heavy atom. The number of nitrogens with one attached hydrogen (secondary N) is 1. The van der Waals surface area contributed by atoms with E-state index in [-0.39, 0.29) is 5.54 Å². The summed E-state index contributed by atoms with van der Waals surface area (Å²) >= 11 is 5.68. The smallest absolute Gasteiger partial charge is 0.188 e. The van der Waals surface area contributed by atoms with Crippen LogP contribution in [0, 0.1) is 0 Å². The molecule has 0 amide bonds. The van der Waals surface area contributed by atoms with E-state index in [1.54, 1.807) is 7.05 Å². The van der Waals surface area contributed by atoms with E-state index < -0.39 is 0 Å². The van der Waals surface area contributed by atoms with E-state index >= 15 is 0 Å². The molecule has 1 rings (SSSR count). The molecule has 1 heterocycles. The molecule has 0 bridgehead atoms. The van der Waals surface area contributed by atoms with E-state index in [9.17, 15) is 0 Å². The minimum Gasteiger partial charge on any atom is -0.305 e. The molecule has 0 fully saturated rings. The second-order valence-corrected chi connectivity index (χ2v) is 4.25. The van der Waals surface area contributed by atoms with Crippen LogP contribution in [0.15, 0.2) is 0 Å². The Balaban J connectivity index is 2.40. The van der Waals surface area contributed by atoms with Crippen molar-refractivity contribution in [2.24, 2.45) is 7.05 Å². The van der Waals surface area contributed by atoms with E-state index in [4.69, 9.17) is 11.6 Å². The molecule has 0 aliphatic heterocycles. The summed E-state index contributed by atoms with van der Waals surface area (Å²) in [6.45, 7) is 4.83. The number of alkyl halides is 1. The molecule has 0 aliphatic carbocycles. The van der Waals surface area contributed by atoms with E-state index in [0.29, 0.717) is 18.2 Å². The van der Waals surface area contributed by atoms with Crippen LogP contribution in [0.4, 0.5) is 0 Å². The van der Waals surface area contributed by atoms with Crippen molar-refractivity contribution in [3.05, 3.63) is 5.82 Å². The average molecular weight is 218 g/mol. The molecule has 0 unspecified atom stereocenters. The van der Waals surface area contributed by atoms with Crippen molar-refractivity contribution in [2.75, 3.05) is 5.88 Å². The summed E-state index contributed by atoms with van der Waals surface area (Å²) in [4.78, 5) is 1.45. The summed E-state index contributed by atoms with van der Waals surface area (Å²) in [6, 6.07) is 0. The van der Waals surface area contributed by atoms with E-state index in [1.165, 1.54) is 4.80 Å². The van der Waals surface area contributed by atoms with Gasteiger partial charge in [0.05, 0.1) is 13.6 Å². The van der Waals surface area contributed by atoms with Crippen molar-refractivity contribution < 1.29 is 0 Å². The van der Waals surface area contributed by atoms with Crippen molar-refractivity contribution in [3.63, 3.8) is 0 Å². The third kappa shape index (κ3) is 3.59. The number of hydrogen-bond acceptors (Lipinski definition) is 4. The van der Waals surface area contributed by atoms with Gasteiger partial charge in [-0.1, -0.05) is 0 Å². The Bertz CT molecular complexity index is 283. The number of nitrogens with zero attached hydrogens (tertiary/aromatic N) is 4. The summed E-state index contributed by atoms with van der Waals surface area (Å²) in [6.07, 6.45) is 0.912. The normalized spacial score (nSPS) is 12.0. The third-order valence-electron chi connectivity index (χ3n) is 1.99. The summed E-state index contributed by atoms with van der Waals surface area (Å²) in [5.74, 6) is 1.35. The van der Waals surface area contributed by atoms with Crippen molar-refractivity contribution in [3.8, 4) is 0 Å². The highest BCUT2D eigenvalue weighted by atomic mass is 35.5. The molecule has 0 radical (unpaired) electrons. The van der Waals surface area contributed by atoms with Crippen LogP contribution in [-0.2, 0) is 13.6 Å². The topological polar surface area (TPSA) is 55.6 Å². The highest BCUT2D eigenvalue weighted by Gasteiger charge is 2.16. The Hall–Kier alpha value is -0.680. The zero-order valence-corrected chi connectivity index (χ0v) is 9.54. The zero-order valence-electron chi connectivity index (χ0n) is 8.79. The molecule has 0 saturated heterocycles. The zero-order chi connectivity index (χ0) is 10.6. The molecule has 6 heteroatoms. The minimum absolute atomic E-state index is 0.0148. The number of rotatable bonds is 5. The molecular weight excluding hydrogens is 202 g/mol. The first-order valence-corrected chi connectivity index (χ1v) is 5.11. The Morgan fingerprint density at radius 3 is 2.71 bits per heavy atom. The number of hydrogen-bond donors (Lipinski definition) is 1. The Kier molecular flexibility index (Phi) is 3.83. The molecule has 0 aliphatic rings. The van der Waals surface area contributed by atoms with E-state index in [0.717, 1.165) is 6.42 Å². The first kappa shape index (κ1) is 11.4. The number of aryl methyl sites for hydroxylation is 1. The molecule has 0 spiro atoms. The third-order valence-corrected chi connectivity index (χ3v) is 2.18. The maximum Gasteiger partial charge on any atom is 0.188 e. The van der Waals surface area contributed by atoms with Gasteiger partial charge in [0, 0.05) is 11.4 Å². The second-order valence-electron chi connectivity index (χ2n) is 3.87. The fraction of sp³-hybridized carbons (Fsp3) is 0.875. The van der Waals surface area contributed by atoms with E-state index in [2.05, 4.69) is 34.6 Å². The fourth-order valence-electron chi connectivity index (χ4n) is 1.04. The molecule has 5 nitrogen and oxygen atoms in total. The predicted octanol–water partition coefficient (Wildman–Crippen LogP) is 0.707. The summed E-state index contributed by atoms with van der Waals surface area (Å²) in [7, 11) is 1.75. The number of halogens is 1. The van der Waals surface area contributed by atoms with Crippen LogP contribution in [0.3, 0.4) is 0 Å². The van der Waals surface area contributed by atoms with E-state index in [1.807, 2.05) is 0 Å². The van der Waals surface area contributed by atoms with Crippen molar-refractivity contribution >= 4 is 11.6 Å². The second kappa shape index (κ2) is 4.70. The predicted molar refractivity (Wildman–Crippen MR) is 55.1 cm³/mol. The summed E-state index contributed by atoms with van der Waals surface area (Å²) in [5.41, 5.74) is 0.0148. The molecular formula is C8H16ClN5. The standard InChI is InChI=1S/C8H16ClN5/c1-8(2,4-5-9)10-6-7-11-13-14(3)12-7/h10H,4-6H2,1-3H3. The molecule has 1 aromatic rings. The number of aromatic nitrogens is 4. The molecule has 0 aromatic carbocycles. The van der Waals surface area contributed by atoms with Crippen molar-refractivity contribution in [1.82, 2.24) is 25.5 Å². The maximum absolute atomic E-state index is 5.68. The lowest BCUT2D eigenvalue weighted by molar-refractivity contribution is 0.371. The van der Waals surface area contributed by atoms with Gasteiger partial charge in [-0.15, -0.1) is 21.8 Å². The fourth-order valence-corrected chi connectivity index (χ4v) is 1.51. The van der Waals surface area contributed by atoms with Crippen molar-refractivity contribution in [1.29, 1.82) is 0 Å².